The van der Waals surface area contributed by atoms with Crippen LogP contribution in [0.3, 0.4) is 0 Å². The van der Waals surface area contributed by atoms with E-state index in [1.54, 1.807) is 29.7 Å². The van der Waals surface area contributed by atoms with Crippen molar-refractivity contribution in [3.05, 3.63) is 88.6 Å². The molecule has 0 saturated carbocycles. The highest BCUT2D eigenvalue weighted by atomic mass is 19.1. The molecule has 194 valence electrons. The van der Waals surface area contributed by atoms with Crippen molar-refractivity contribution in [1.82, 2.24) is 9.38 Å². The average Bonchev–Trinajstić information content (AvgIpc) is 3.21. The normalized spacial score (nSPS) is 10.9. The van der Waals surface area contributed by atoms with Crippen LogP contribution in [0.15, 0.2) is 54.7 Å². The number of benzene rings is 2. The number of hydrogen-bond donors (Lipinski definition) is 1. The van der Waals surface area contributed by atoms with Gasteiger partial charge in [0.05, 0.1) is 11.3 Å². The molecule has 0 fully saturated rings. The van der Waals surface area contributed by atoms with Gasteiger partial charge >= 0.3 is 5.97 Å². The number of ether oxygens (including phenoxy) is 1. The molecule has 0 spiro atoms. The van der Waals surface area contributed by atoms with Crippen LogP contribution in [0.1, 0.15) is 53.1 Å². The van der Waals surface area contributed by atoms with Gasteiger partial charge in [0.2, 0.25) is 11.7 Å². The number of primary amides is 1. The van der Waals surface area contributed by atoms with Crippen molar-refractivity contribution in [2.45, 2.75) is 40.0 Å². The van der Waals surface area contributed by atoms with Gasteiger partial charge in [-0.15, -0.1) is 0 Å². The molecule has 8 nitrogen and oxygen atoms in total. The number of Topliss-reactive ketones (excluding diaryl/α,β-unsaturated/α-hetero) is 2. The summed E-state index contributed by atoms with van der Waals surface area (Å²) in [5.74, 6) is -4.61. The molecule has 0 saturated heterocycles. The van der Waals surface area contributed by atoms with E-state index in [0.29, 0.717) is 29.8 Å². The summed E-state index contributed by atoms with van der Waals surface area (Å²) in [7, 11) is 0. The molecular formula is C29H26FN3O5. The number of fused-ring (bicyclic) bond motifs is 1. The summed E-state index contributed by atoms with van der Waals surface area (Å²) in [6.45, 7) is 5.03. The van der Waals surface area contributed by atoms with E-state index in [1.807, 2.05) is 31.2 Å². The second-order valence-electron chi connectivity index (χ2n) is 8.76. The average molecular weight is 516 g/mol. The van der Waals surface area contributed by atoms with Gasteiger partial charge in [-0.25, -0.2) is 14.2 Å². The highest BCUT2D eigenvalue weighted by Gasteiger charge is 2.30. The van der Waals surface area contributed by atoms with Crippen molar-refractivity contribution in [3.8, 4) is 17.0 Å². The maximum Gasteiger partial charge on any atom is 0.381 e. The van der Waals surface area contributed by atoms with Gasteiger partial charge in [-0.05, 0) is 47.7 Å². The maximum absolute atomic E-state index is 13.6. The molecule has 2 heterocycles. The van der Waals surface area contributed by atoms with Crippen molar-refractivity contribution in [3.63, 3.8) is 0 Å². The SMILES string of the molecule is CCC(=O)C(=O)Oc1nc(C)cn2c(Cc3ccccc3-c3ccc(F)cc3)c(CC)c(C(=O)C(N)=O)c12. The predicted octanol–water partition coefficient (Wildman–Crippen LogP) is 4.15. The number of nitrogens with zero attached hydrogens (tertiary/aromatic N) is 2. The minimum atomic E-state index is -1.17. The Kier molecular flexibility index (Phi) is 7.47. The third-order valence-electron chi connectivity index (χ3n) is 6.29. The topological polar surface area (TPSA) is 121 Å². The molecule has 0 unspecified atom stereocenters. The Morgan fingerprint density at radius 3 is 2.34 bits per heavy atom. The molecule has 1 amide bonds. The molecule has 4 rings (SSSR count). The fourth-order valence-corrected chi connectivity index (χ4v) is 4.54. The lowest BCUT2D eigenvalue weighted by Crippen LogP contribution is -2.24. The molecule has 2 aromatic heterocycles. The second kappa shape index (κ2) is 10.8. The van der Waals surface area contributed by atoms with E-state index in [9.17, 15) is 23.6 Å². The summed E-state index contributed by atoms with van der Waals surface area (Å²) >= 11 is 0. The number of esters is 1. The van der Waals surface area contributed by atoms with Gasteiger partial charge in [0.1, 0.15) is 11.3 Å². The summed E-state index contributed by atoms with van der Waals surface area (Å²) in [6, 6.07) is 13.7. The van der Waals surface area contributed by atoms with E-state index in [2.05, 4.69) is 4.98 Å². The quantitative estimate of drug-likeness (QED) is 0.203. The van der Waals surface area contributed by atoms with Crippen molar-refractivity contribution < 1.29 is 28.3 Å². The summed E-state index contributed by atoms with van der Waals surface area (Å²) in [4.78, 5) is 53.7. The molecule has 0 aliphatic heterocycles. The number of carbonyl (C=O) groups excluding carboxylic acids is 4. The lowest BCUT2D eigenvalue weighted by atomic mass is 9.94. The molecule has 0 bridgehead atoms. The van der Waals surface area contributed by atoms with Gasteiger partial charge in [0.25, 0.3) is 11.7 Å². The van der Waals surface area contributed by atoms with Gasteiger partial charge < -0.3 is 14.9 Å². The lowest BCUT2D eigenvalue weighted by molar-refractivity contribution is -0.147. The molecule has 0 atom stereocenters. The van der Waals surface area contributed by atoms with Crippen LogP contribution >= 0.6 is 0 Å². The first-order valence-electron chi connectivity index (χ1n) is 12.1. The van der Waals surface area contributed by atoms with Gasteiger partial charge in [0.15, 0.2) is 0 Å². The summed E-state index contributed by atoms with van der Waals surface area (Å²) in [5, 5.41) is 0. The van der Waals surface area contributed by atoms with Gasteiger partial charge in [-0.3, -0.25) is 14.4 Å². The zero-order valence-corrected chi connectivity index (χ0v) is 21.2. The maximum atomic E-state index is 13.6. The van der Waals surface area contributed by atoms with Crippen molar-refractivity contribution in [1.29, 1.82) is 0 Å². The Morgan fingerprint density at radius 2 is 1.71 bits per heavy atom. The third-order valence-corrected chi connectivity index (χ3v) is 6.29. The van der Waals surface area contributed by atoms with Crippen LogP contribution in [0, 0.1) is 12.7 Å². The van der Waals surface area contributed by atoms with Crippen LogP contribution in [0.5, 0.6) is 5.88 Å². The summed E-state index contributed by atoms with van der Waals surface area (Å²) in [6.07, 6.45) is 2.26. The number of amides is 1. The zero-order valence-electron chi connectivity index (χ0n) is 21.2. The Labute approximate surface area is 218 Å². The number of ketones is 2. The number of carbonyl (C=O) groups is 4. The van der Waals surface area contributed by atoms with Crippen LogP contribution in [0.25, 0.3) is 16.6 Å². The second-order valence-corrected chi connectivity index (χ2v) is 8.76. The van der Waals surface area contributed by atoms with Crippen molar-refractivity contribution >= 4 is 29.0 Å². The fourth-order valence-electron chi connectivity index (χ4n) is 4.54. The van der Waals surface area contributed by atoms with Gasteiger partial charge in [-0.1, -0.05) is 50.2 Å². The van der Waals surface area contributed by atoms with Crippen molar-refractivity contribution in [2.75, 3.05) is 0 Å². The van der Waals surface area contributed by atoms with Crippen LogP contribution in [-0.2, 0) is 27.2 Å². The minimum absolute atomic E-state index is 0.0199. The fraction of sp³-hybridized carbons (Fsp3) is 0.207. The first-order valence-corrected chi connectivity index (χ1v) is 12.1. The Bertz CT molecular complexity index is 1590. The highest BCUT2D eigenvalue weighted by molar-refractivity contribution is 6.44. The number of aryl methyl sites for hydroxylation is 1. The highest BCUT2D eigenvalue weighted by Crippen LogP contribution is 2.34. The van der Waals surface area contributed by atoms with Crippen LogP contribution < -0.4 is 10.5 Å². The van der Waals surface area contributed by atoms with Crippen LogP contribution in [0.2, 0.25) is 0 Å². The Balaban J connectivity index is 1.98. The van der Waals surface area contributed by atoms with E-state index in [4.69, 9.17) is 10.5 Å². The standard InChI is InChI=1S/C29H26FN3O5/c1-4-20-22(14-18-8-6-7-9-21(18)17-10-12-19(30)13-11-17)33-15-16(3)32-28(38-29(37)23(34)5-2)25(33)24(20)26(35)27(31)36/h6-13,15H,4-5,14H2,1-3H3,(H2,31,36). The molecule has 2 aromatic carbocycles. The zero-order chi connectivity index (χ0) is 27.6. The first-order chi connectivity index (χ1) is 18.2. The van der Waals surface area contributed by atoms with E-state index in [1.165, 1.54) is 19.1 Å². The summed E-state index contributed by atoms with van der Waals surface area (Å²) in [5.41, 5.74) is 9.65. The molecular weight excluding hydrogens is 489 g/mol. The van der Waals surface area contributed by atoms with E-state index >= 15 is 0 Å². The van der Waals surface area contributed by atoms with Crippen LogP contribution in [-0.4, -0.2) is 32.8 Å². The largest absolute Gasteiger partial charge is 0.399 e. The van der Waals surface area contributed by atoms with Gasteiger partial charge in [0, 0.05) is 24.7 Å². The minimum Gasteiger partial charge on any atom is -0.399 e. The van der Waals surface area contributed by atoms with Crippen molar-refractivity contribution in [2.24, 2.45) is 5.73 Å². The number of halogens is 1. The molecule has 38 heavy (non-hydrogen) atoms. The van der Waals surface area contributed by atoms with E-state index in [-0.39, 0.29) is 29.2 Å². The Hall–Kier alpha value is -4.66. The summed E-state index contributed by atoms with van der Waals surface area (Å²) < 4.78 is 20.6. The monoisotopic (exact) mass is 515 g/mol. The number of aromatic nitrogens is 2. The molecule has 0 aliphatic carbocycles. The lowest BCUT2D eigenvalue weighted by Gasteiger charge is -2.13. The van der Waals surface area contributed by atoms with Crippen LogP contribution in [0.4, 0.5) is 4.39 Å². The molecule has 0 aliphatic rings. The number of hydrogen-bond acceptors (Lipinski definition) is 6. The molecule has 0 radical (unpaired) electrons. The van der Waals surface area contributed by atoms with E-state index < -0.39 is 23.4 Å². The smallest absolute Gasteiger partial charge is 0.381 e. The third kappa shape index (κ3) is 4.95. The predicted molar refractivity (Wildman–Crippen MR) is 138 cm³/mol. The molecule has 2 N–H and O–H groups in total. The first kappa shape index (κ1) is 26.4. The number of rotatable bonds is 9. The van der Waals surface area contributed by atoms with Gasteiger partial charge in [-0.2, -0.15) is 0 Å². The molecule has 9 heteroatoms. The number of nitrogens with two attached hydrogens (primary N) is 1. The Morgan fingerprint density at radius 1 is 1.03 bits per heavy atom. The van der Waals surface area contributed by atoms with E-state index in [0.717, 1.165) is 16.7 Å². The molecule has 4 aromatic rings.